The highest BCUT2D eigenvalue weighted by Crippen LogP contribution is 2.22. The number of hydrogen-bond acceptors (Lipinski definition) is 3. The maximum absolute atomic E-state index is 12.4. The number of hydrogen-bond donors (Lipinski definition) is 1. The molecule has 0 fully saturated rings. The fourth-order valence-corrected chi connectivity index (χ4v) is 2.78. The molecule has 4 heteroatoms. The van der Waals surface area contributed by atoms with Gasteiger partial charge in [0.05, 0.1) is 13.5 Å². The summed E-state index contributed by atoms with van der Waals surface area (Å²) in [5.41, 5.74) is 1.99. The summed E-state index contributed by atoms with van der Waals surface area (Å²) in [6, 6.07) is 18.9. The van der Waals surface area contributed by atoms with Crippen LogP contribution in [0.4, 0.5) is 5.69 Å². The fourth-order valence-electron chi connectivity index (χ4n) is 2.78. The van der Waals surface area contributed by atoms with Gasteiger partial charge in [0.25, 0.3) is 0 Å². The van der Waals surface area contributed by atoms with Crippen LogP contribution in [-0.4, -0.2) is 18.8 Å². The number of amides is 1. The molecule has 3 aromatic rings. The minimum Gasteiger partial charge on any atom is -0.496 e. The number of Topliss-reactive ketones (excluding diaryl/α,β-unsaturated/α-hetero) is 1. The Hall–Kier alpha value is -3.14. The summed E-state index contributed by atoms with van der Waals surface area (Å²) in [7, 11) is 1.55. The Morgan fingerprint density at radius 2 is 1.72 bits per heavy atom. The highest BCUT2D eigenvalue weighted by atomic mass is 16.5. The number of carbonyl (C=O) groups is 2. The van der Waals surface area contributed by atoms with Gasteiger partial charge in [-0.15, -0.1) is 0 Å². The van der Waals surface area contributed by atoms with Crippen molar-refractivity contribution in [1.29, 1.82) is 0 Å². The van der Waals surface area contributed by atoms with Crippen molar-refractivity contribution in [2.45, 2.75) is 13.3 Å². The second-order valence-corrected chi connectivity index (χ2v) is 5.87. The Labute approximate surface area is 146 Å². The second-order valence-electron chi connectivity index (χ2n) is 5.87. The van der Waals surface area contributed by atoms with Gasteiger partial charge in [-0.2, -0.15) is 0 Å². The topological polar surface area (TPSA) is 55.4 Å². The quantitative estimate of drug-likeness (QED) is 0.711. The van der Waals surface area contributed by atoms with Crippen molar-refractivity contribution in [2.24, 2.45) is 0 Å². The molecule has 4 nitrogen and oxygen atoms in total. The van der Waals surface area contributed by atoms with E-state index in [9.17, 15) is 9.59 Å². The van der Waals surface area contributed by atoms with Crippen LogP contribution >= 0.6 is 0 Å². The largest absolute Gasteiger partial charge is 0.496 e. The lowest BCUT2D eigenvalue weighted by Crippen LogP contribution is -2.15. The Balaban J connectivity index is 1.79. The number of ketones is 1. The molecule has 3 aromatic carbocycles. The van der Waals surface area contributed by atoms with Crippen molar-refractivity contribution >= 4 is 28.2 Å². The summed E-state index contributed by atoms with van der Waals surface area (Å²) < 4.78 is 5.30. The lowest BCUT2D eigenvalue weighted by atomic mass is 10.0. The summed E-state index contributed by atoms with van der Waals surface area (Å²) >= 11 is 0. The molecule has 0 aliphatic rings. The molecule has 0 aromatic heterocycles. The number of methoxy groups -OCH3 is 1. The Morgan fingerprint density at radius 3 is 2.44 bits per heavy atom. The molecular formula is C21H19NO3. The zero-order valence-electron chi connectivity index (χ0n) is 14.2. The third-order valence-corrected chi connectivity index (χ3v) is 4.07. The van der Waals surface area contributed by atoms with E-state index in [-0.39, 0.29) is 18.1 Å². The smallest absolute Gasteiger partial charge is 0.228 e. The van der Waals surface area contributed by atoms with E-state index in [4.69, 9.17) is 4.74 Å². The van der Waals surface area contributed by atoms with Crippen molar-refractivity contribution in [1.82, 2.24) is 0 Å². The van der Waals surface area contributed by atoms with Gasteiger partial charge in [0, 0.05) is 16.8 Å². The van der Waals surface area contributed by atoms with Crippen molar-refractivity contribution in [3.05, 3.63) is 71.8 Å². The van der Waals surface area contributed by atoms with E-state index >= 15 is 0 Å². The lowest BCUT2D eigenvalue weighted by molar-refractivity contribution is -0.115. The zero-order valence-corrected chi connectivity index (χ0v) is 14.2. The molecule has 0 spiro atoms. The van der Waals surface area contributed by atoms with Gasteiger partial charge in [-0.25, -0.2) is 0 Å². The first-order valence-corrected chi connectivity index (χ1v) is 8.03. The first-order valence-electron chi connectivity index (χ1n) is 8.03. The maximum atomic E-state index is 12.4. The Bertz CT molecular complexity index is 947. The van der Waals surface area contributed by atoms with Gasteiger partial charge in [0.1, 0.15) is 5.75 Å². The molecule has 3 rings (SSSR count). The number of rotatable bonds is 5. The molecule has 0 aliphatic heterocycles. The van der Waals surface area contributed by atoms with Gasteiger partial charge in [-0.3, -0.25) is 9.59 Å². The monoisotopic (exact) mass is 333 g/mol. The van der Waals surface area contributed by atoms with Gasteiger partial charge in [-0.05, 0) is 48.0 Å². The van der Waals surface area contributed by atoms with Crippen LogP contribution in [0.3, 0.4) is 0 Å². The van der Waals surface area contributed by atoms with E-state index in [0.717, 1.165) is 16.5 Å². The molecule has 0 heterocycles. The number of carbonyl (C=O) groups excluding carboxylic acids is 2. The van der Waals surface area contributed by atoms with Crippen LogP contribution in [-0.2, 0) is 11.2 Å². The van der Waals surface area contributed by atoms with E-state index in [1.165, 1.54) is 6.92 Å². The third kappa shape index (κ3) is 3.86. The second kappa shape index (κ2) is 7.18. The average Bonchev–Trinajstić information content (AvgIpc) is 2.61. The van der Waals surface area contributed by atoms with Crippen molar-refractivity contribution < 1.29 is 14.3 Å². The standard InChI is InChI=1S/C21H19NO3/c1-14(23)16-8-10-20(25-2)18(11-16)13-21(24)22-19-9-7-15-5-3-4-6-17(15)12-19/h3-12H,13H2,1-2H3,(H,22,24). The van der Waals surface area contributed by atoms with Crippen LogP contribution in [0.1, 0.15) is 22.8 Å². The summed E-state index contributed by atoms with van der Waals surface area (Å²) in [6.07, 6.45) is 0.136. The fraction of sp³-hybridized carbons (Fsp3) is 0.143. The summed E-state index contributed by atoms with van der Waals surface area (Å²) in [5, 5.41) is 5.09. The number of fused-ring (bicyclic) bond motifs is 1. The van der Waals surface area contributed by atoms with Crippen molar-refractivity contribution in [3.8, 4) is 5.75 Å². The molecule has 0 aliphatic carbocycles. The molecule has 0 atom stereocenters. The van der Waals surface area contributed by atoms with Gasteiger partial charge in [-0.1, -0.05) is 30.3 Å². The van der Waals surface area contributed by atoms with E-state index in [2.05, 4.69) is 5.32 Å². The lowest BCUT2D eigenvalue weighted by Gasteiger charge is -2.11. The van der Waals surface area contributed by atoms with E-state index < -0.39 is 0 Å². The molecule has 0 unspecified atom stereocenters. The molecule has 0 radical (unpaired) electrons. The van der Waals surface area contributed by atoms with Crippen LogP contribution in [0.15, 0.2) is 60.7 Å². The molecule has 0 saturated heterocycles. The van der Waals surface area contributed by atoms with Gasteiger partial charge >= 0.3 is 0 Å². The molecule has 25 heavy (non-hydrogen) atoms. The highest BCUT2D eigenvalue weighted by molar-refractivity contribution is 5.97. The van der Waals surface area contributed by atoms with Gasteiger partial charge in [0.15, 0.2) is 5.78 Å². The SMILES string of the molecule is COc1ccc(C(C)=O)cc1CC(=O)Nc1ccc2ccccc2c1. The normalized spacial score (nSPS) is 10.5. The predicted molar refractivity (Wildman–Crippen MR) is 99.3 cm³/mol. The number of ether oxygens (including phenoxy) is 1. The van der Waals surface area contributed by atoms with Crippen LogP contribution in [0.5, 0.6) is 5.75 Å². The molecule has 0 saturated carbocycles. The first-order chi connectivity index (χ1) is 12.1. The van der Waals surface area contributed by atoms with Crippen molar-refractivity contribution in [3.63, 3.8) is 0 Å². The number of benzene rings is 3. The predicted octanol–water partition coefficient (Wildman–Crippen LogP) is 4.23. The maximum Gasteiger partial charge on any atom is 0.228 e. The van der Waals surface area contributed by atoms with E-state index in [0.29, 0.717) is 16.9 Å². The minimum atomic E-state index is -0.158. The van der Waals surface area contributed by atoms with Gasteiger partial charge in [0.2, 0.25) is 5.91 Å². The van der Waals surface area contributed by atoms with Crippen LogP contribution in [0.25, 0.3) is 10.8 Å². The Kier molecular flexibility index (Phi) is 4.80. The van der Waals surface area contributed by atoms with Crippen LogP contribution in [0.2, 0.25) is 0 Å². The van der Waals surface area contributed by atoms with E-state index in [1.807, 2.05) is 42.5 Å². The molecule has 1 amide bonds. The van der Waals surface area contributed by atoms with E-state index in [1.54, 1.807) is 25.3 Å². The molecule has 0 bridgehead atoms. The molecule has 1 N–H and O–H groups in total. The summed E-state index contributed by atoms with van der Waals surface area (Å²) in [6.45, 7) is 1.50. The van der Waals surface area contributed by atoms with Crippen molar-refractivity contribution in [2.75, 3.05) is 12.4 Å². The minimum absolute atomic E-state index is 0.0427. The highest BCUT2D eigenvalue weighted by Gasteiger charge is 2.12. The summed E-state index contributed by atoms with van der Waals surface area (Å²) in [4.78, 5) is 24.0. The van der Waals surface area contributed by atoms with Crippen LogP contribution in [0, 0.1) is 0 Å². The molecular weight excluding hydrogens is 314 g/mol. The third-order valence-electron chi connectivity index (χ3n) is 4.07. The van der Waals surface area contributed by atoms with Gasteiger partial charge < -0.3 is 10.1 Å². The average molecular weight is 333 g/mol. The van der Waals surface area contributed by atoms with Crippen LogP contribution < -0.4 is 10.1 Å². The zero-order chi connectivity index (χ0) is 17.8. The molecule has 126 valence electrons. The number of anilines is 1. The summed E-state index contributed by atoms with van der Waals surface area (Å²) in [5.74, 6) is 0.395. The number of nitrogens with one attached hydrogen (secondary N) is 1. The first kappa shape index (κ1) is 16.7. The Morgan fingerprint density at radius 1 is 0.960 bits per heavy atom.